The summed E-state index contributed by atoms with van der Waals surface area (Å²) in [4.78, 5) is 14.0. The molecular weight excluding hydrogens is 513 g/mol. The number of carbonyl (C=O) groups excluding carboxylic acids is 1. The fraction of sp³-hybridized carbons (Fsp3) is 0.391. The molecule has 2 aromatic carbocycles. The number of halogens is 2. The Morgan fingerprint density at radius 3 is 2.43 bits per heavy atom. The minimum Gasteiger partial charge on any atom is -0.494 e. The molecule has 0 spiro atoms. The fourth-order valence-corrected chi connectivity index (χ4v) is 5.04. The quantitative estimate of drug-likeness (QED) is 0.325. The first kappa shape index (κ1) is 27.1. The number of hydrogen-bond acceptors (Lipinski definition) is 7. The van der Waals surface area contributed by atoms with Gasteiger partial charge in [-0.25, -0.2) is 13.1 Å². The lowest BCUT2D eigenvalue weighted by Crippen LogP contribution is -2.42. The van der Waals surface area contributed by atoms with E-state index in [2.05, 4.69) is 27.1 Å². The monoisotopic (exact) mass is 539 g/mol. The van der Waals surface area contributed by atoms with Gasteiger partial charge >= 0.3 is 0 Å². The van der Waals surface area contributed by atoms with Gasteiger partial charge < -0.3 is 4.74 Å². The lowest BCUT2D eigenvalue weighted by atomic mass is 10.1. The number of nitrogens with zero attached hydrogens (tertiary/aromatic N) is 4. The molecule has 1 unspecified atom stereocenters. The Morgan fingerprint density at radius 2 is 1.80 bits per heavy atom. The molecular formula is C23H27Cl2N5O4S. The number of ether oxygens (including phenoxy) is 1. The first-order valence-electron chi connectivity index (χ1n) is 11.2. The van der Waals surface area contributed by atoms with Gasteiger partial charge in [0.25, 0.3) is 0 Å². The van der Waals surface area contributed by atoms with Crippen molar-refractivity contribution in [2.45, 2.75) is 57.0 Å². The molecule has 0 saturated carbocycles. The Kier molecular flexibility index (Phi) is 9.62. The topological polar surface area (TPSA) is 116 Å². The lowest BCUT2D eigenvalue weighted by Gasteiger charge is -2.16. The molecule has 3 aromatic rings. The van der Waals surface area contributed by atoms with E-state index in [9.17, 15) is 13.2 Å². The number of tetrazole rings is 1. The van der Waals surface area contributed by atoms with Crippen molar-refractivity contribution in [3.8, 4) is 5.75 Å². The van der Waals surface area contributed by atoms with Gasteiger partial charge in [0.1, 0.15) is 12.3 Å². The second-order valence-corrected chi connectivity index (χ2v) is 10.4. The van der Waals surface area contributed by atoms with E-state index in [1.807, 2.05) is 0 Å². The Labute approximate surface area is 214 Å². The van der Waals surface area contributed by atoms with Crippen LogP contribution in [0.2, 0.25) is 10.0 Å². The van der Waals surface area contributed by atoms with E-state index >= 15 is 0 Å². The number of rotatable bonds is 13. The van der Waals surface area contributed by atoms with Crippen LogP contribution >= 0.6 is 23.2 Å². The number of hydrogen-bond donors (Lipinski definition) is 1. The Balaban J connectivity index is 1.62. The average Bonchev–Trinajstić information content (AvgIpc) is 3.27. The predicted molar refractivity (Wildman–Crippen MR) is 133 cm³/mol. The number of unbranched alkanes of at least 4 members (excludes halogenated alkanes) is 1. The van der Waals surface area contributed by atoms with Crippen LogP contribution in [0, 0.1) is 0 Å². The van der Waals surface area contributed by atoms with E-state index in [0.717, 1.165) is 17.6 Å². The van der Waals surface area contributed by atoms with Gasteiger partial charge in [-0.05, 0) is 60.0 Å². The minimum atomic E-state index is -3.92. The van der Waals surface area contributed by atoms with Gasteiger partial charge in [-0.2, -0.15) is 4.80 Å². The second-order valence-electron chi connectivity index (χ2n) is 7.83. The number of aromatic nitrogens is 4. The van der Waals surface area contributed by atoms with Gasteiger partial charge in [-0.1, -0.05) is 49.5 Å². The number of ketones is 1. The first-order valence-corrected chi connectivity index (χ1v) is 13.4. The fourth-order valence-electron chi connectivity index (χ4n) is 3.20. The van der Waals surface area contributed by atoms with Crippen LogP contribution in [0.15, 0.2) is 47.4 Å². The molecule has 1 N–H and O–H groups in total. The van der Waals surface area contributed by atoms with Crippen LogP contribution in [0.4, 0.5) is 0 Å². The van der Waals surface area contributed by atoms with Crippen LogP contribution in [0.3, 0.4) is 0 Å². The van der Waals surface area contributed by atoms with Crippen molar-refractivity contribution in [2.75, 3.05) is 6.61 Å². The van der Waals surface area contributed by atoms with Crippen LogP contribution < -0.4 is 9.46 Å². The highest BCUT2D eigenvalue weighted by atomic mass is 35.5. The van der Waals surface area contributed by atoms with Crippen molar-refractivity contribution < 1.29 is 17.9 Å². The average molecular weight is 540 g/mol. The van der Waals surface area contributed by atoms with E-state index in [1.165, 1.54) is 12.1 Å². The smallest absolute Gasteiger partial charge is 0.241 e. The zero-order chi connectivity index (χ0) is 25.4. The summed E-state index contributed by atoms with van der Waals surface area (Å²) in [6.07, 6.45) is 2.42. The molecule has 1 heterocycles. The van der Waals surface area contributed by atoms with E-state index in [4.69, 9.17) is 27.9 Å². The summed E-state index contributed by atoms with van der Waals surface area (Å²) in [6.45, 7) is 4.10. The maximum Gasteiger partial charge on any atom is 0.241 e. The van der Waals surface area contributed by atoms with Crippen molar-refractivity contribution in [3.05, 3.63) is 63.9 Å². The molecule has 0 saturated heterocycles. The molecule has 188 valence electrons. The van der Waals surface area contributed by atoms with Gasteiger partial charge in [-0.3, -0.25) is 4.79 Å². The van der Waals surface area contributed by atoms with Crippen molar-refractivity contribution in [3.63, 3.8) is 0 Å². The van der Waals surface area contributed by atoms with E-state index in [1.54, 1.807) is 37.3 Å². The van der Waals surface area contributed by atoms with Gasteiger partial charge in [0.15, 0.2) is 11.6 Å². The number of Topliss-reactive ketones (excluding diaryl/α,β-unsaturated/α-hetero) is 1. The molecule has 0 bridgehead atoms. The largest absolute Gasteiger partial charge is 0.494 e. The van der Waals surface area contributed by atoms with Crippen molar-refractivity contribution >= 4 is 39.0 Å². The molecule has 12 heteroatoms. The van der Waals surface area contributed by atoms with Crippen LogP contribution in [0.1, 0.15) is 44.5 Å². The predicted octanol–water partition coefficient (Wildman–Crippen LogP) is 4.08. The number of nitrogens with one attached hydrogen (secondary N) is 1. The SMILES string of the molecule is CCCCOc1ccc(S(=O)(=O)NC(CC)C(=O)Cn2nnc(Cc3c(Cl)cccc3Cl)n2)cc1. The highest BCUT2D eigenvalue weighted by molar-refractivity contribution is 7.89. The third-order valence-electron chi connectivity index (χ3n) is 5.18. The molecule has 3 rings (SSSR count). The molecule has 0 amide bonds. The van der Waals surface area contributed by atoms with Gasteiger partial charge in [0, 0.05) is 16.5 Å². The Bertz CT molecular complexity index is 1230. The zero-order valence-electron chi connectivity index (χ0n) is 19.4. The van der Waals surface area contributed by atoms with Crippen LogP contribution in [0.5, 0.6) is 5.75 Å². The number of benzene rings is 2. The van der Waals surface area contributed by atoms with Crippen molar-refractivity contribution in [1.82, 2.24) is 24.9 Å². The summed E-state index contributed by atoms with van der Waals surface area (Å²) in [7, 11) is -3.92. The minimum absolute atomic E-state index is 0.0457. The van der Waals surface area contributed by atoms with Crippen molar-refractivity contribution in [2.24, 2.45) is 0 Å². The summed E-state index contributed by atoms with van der Waals surface area (Å²) in [5, 5.41) is 13.0. The van der Waals surface area contributed by atoms with Crippen LogP contribution in [0.25, 0.3) is 0 Å². The summed E-state index contributed by atoms with van der Waals surface area (Å²) >= 11 is 12.4. The van der Waals surface area contributed by atoms with Crippen LogP contribution in [-0.4, -0.2) is 47.1 Å². The molecule has 0 aliphatic carbocycles. The lowest BCUT2D eigenvalue weighted by molar-refractivity contribution is -0.121. The van der Waals surface area contributed by atoms with Gasteiger partial charge in [-0.15, -0.1) is 10.2 Å². The molecule has 1 atom stereocenters. The Morgan fingerprint density at radius 1 is 1.11 bits per heavy atom. The summed E-state index contributed by atoms with van der Waals surface area (Å²) in [6, 6.07) is 10.3. The third kappa shape index (κ3) is 7.47. The normalized spacial score (nSPS) is 12.5. The molecule has 0 aliphatic heterocycles. The third-order valence-corrected chi connectivity index (χ3v) is 7.38. The maximum absolute atomic E-state index is 12.8. The molecule has 0 aliphatic rings. The summed E-state index contributed by atoms with van der Waals surface area (Å²) < 4.78 is 33.7. The van der Waals surface area contributed by atoms with Gasteiger partial charge in [0.2, 0.25) is 10.0 Å². The molecule has 0 radical (unpaired) electrons. The van der Waals surface area contributed by atoms with Crippen LogP contribution in [-0.2, 0) is 27.8 Å². The van der Waals surface area contributed by atoms with E-state index in [0.29, 0.717) is 33.8 Å². The zero-order valence-corrected chi connectivity index (χ0v) is 21.8. The number of carbonyl (C=O) groups is 1. The highest BCUT2D eigenvalue weighted by Crippen LogP contribution is 2.25. The summed E-state index contributed by atoms with van der Waals surface area (Å²) in [5.41, 5.74) is 0.655. The molecule has 9 nitrogen and oxygen atoms in total. The molecule has 1 aromatic heterocycles. The van der Waals surface area contributed by atoms with Gasteiger partial charge in [0.05, 0.1) is 17.5 Å². The molecule has 35 heavy (non-hydrogen) atoms. The second kappa shape index (κ2) is 12.4. The first-order chi connectivity index (χ1) is 16.7. The number of sulfonamides is 1. The Hall–Kier alpha value is -2.53. The van der Waals surface area contributed by atoms with E-state index < -0.39 is 21.8 Å². The maximum atomic E-state index is 12.8. The summed E-state index contributed by atoms with van der Waals surface area (Å²) in [5.74, 6) is 0.532. The van der Waals surface area contributed by atoms with E-state index in [-0.39, 0.29) is 24.3 Å². The standard InChI is InChI=1S/C23H27Cl2N5O4S/c1-3-5-13-34-16-9-11-17(12-10-16)35(32,33)28-21(4-2)22(31)15-30-27-23(26-29-30)14-18-19(24)7-6-8-20(18)25/h6-12,21,28H,3-5,13-15H2,1-2H3. The molecule has 0 fully saturated rings. The van der Waals surface area contributed by atoms with Crippen molar-refractivity contribution in [1.29, 1.82) is 0 Å². The highest BCUT2D eigenvalue weighted by Gasteiger charge is 2.25.